The van der Waals surface area contributed by atoms with Gasteiger partial charge in [-0.3, -0.25) is 4.79 Å². The van der Waals surface area contributed by atoms with Crippen LogP contribution in [0.1, 0.15) is 19.6 Å². The van der Waals surface area contributed by atoms with E-state index in [0.717, 1.165) is 0 Å². The van der Waals surface area contributed by atoms with Gasteiger partial charge in [-0.25, -0.2) is 0 Å². The topological polar surface area (TPSA) is 39.4 Å². The molecule has 1 heterocycles. The number of carbonyl (C=O) groups is 1. The van der Waals surface area contributed by atoms with E-state index in [1.165, 1.54) is 0 Å². The second-order valence-electron chi connectivity index (χ2n) is 3.15. The van der Waals surface area contributed by atoms with E-state index in [-0.39, 0.29) is 18.5 Å². The number of carbonyl (C=O) groups excluding carboxylic acids is 1. The Kier molecular flexibility index (Phi) is 3.71. The molecule has 0 radical (unpaired) electrons. The van der Waals surface area contributed by atoms with Gasteiger partial charge in [-0.15, -0.1) is 0 Å². The average molecular weight is 182 g/mol. The molecule has 72 valence electrons. The summed E-state index contributed by atoms with van der Waals surface area (Å²) in [5.74, 6) is 0.737. The number of ketones is 1. The normalized spacial score (nSPS) is 10.7. The van der Waals surface area contributed by atoms with Crippen LogP contribution in [0.5, 0.6) is 0 Å². The van der Waals surface area contributed by atoms with Gasteiger partial charge in [0.1, 0.15) is 12.4 Å². The van der Waals surface area contributed by atoms with Gasteiger partial charge in [0.2, 0.25) is 0 Å². The summed E-state index contributed by atoms with van der Waals surface area (Å²) >= 11 is 0. The second-order valence-corrected chi connectivity index (χ2v) is 3.15. The minimum absolute atomic E-state index is 0.0450. The molecule has 0 saturated carbocycles. The lowest BCUT2D eigenvalue weighted by atomic mass is 10.2. The fourth-order valence-electron chi connectivity index (χ4n) is 0.918. The third-order valence-corrected chi connectivity index (χ3v) is 1.53. The first kappa shape index (κ1) is 9.99. The summed E-state index contributed by atoms with van der Waals surface area (Å²) in [6, 6.07) is 3.55. The van der Waals surface area contributed by atoms with E-state index in [1.807, 2.05) is 13.8 Å². The fraction of sp³-hybridized carbons (Fsp3) is 0.500. The van der Waals surface area contributed by atoms with E-state index in [9.17, 15) is 4.79 Å². The SMILES string of the molecule is CC(C)OCC(=O)Cc1ccco1. The molecule has 0 aliphatic carbocycles. The van der Waals surface area contributed by atoms with Crippen molar-refractivity contribution in [1.82, 2.24) is 0 Å². The van der Waals surface area contributed by atoms with E-state index in [2.05, 4.69) is 0 Å². The minimum atomic E-state index is 0.0450. The summed E-state index contributed by atoms with van der Waals surface area (Å²) in [5.41, 5.74) is 0. The van der Waals surface area contributed by atoms with Crippen molar-refractivity contribution in [1.29, 1.82) is 0 Å². The van der Waals surface area contributed by atoms with Crippen LogP contribution in [0.4, 0.5) is 0 Å². The Morgan fingerprint density at radius 1 is 1.62 bits per heavy atom. The summed E-state index contributed by atoms with van der Waals surface area (Å²) in [4.78, 5) is 11.2. The number of furan rings is 1. The number of Topliss-reactive ketones (excluding diaryl/α,β-unsaturated/α-hetero) is 1. The largest absolute Gasteiger partial charge is 0.469 e. The van der Waals surface area contributed by atoms with E-state index in [1.54, 1.807) is 18.4 Å². The molecule has 1 aromatic rings. The Morgan fingerprint density at radius 3 is 2.92 bits per heavy atom. The van der Waals surface area contributed by atoms with Crippen molar-refractivity contribution >= 4 is 5.78 Å². The van der Waals surface area contributed by atoms with E-state index in [4.69, 9.17) is 9.15 Å². The van der Waals surface area contributed by atoms with Gasteiger partial charge in [0.15, 0.2) is 5.78 Å². The average Bonchev–Trinajstić information content (AvgIpc) is 2.53. The molecule has 0 amide bonds. The van der Waals surface area contributed by atoms with Crippen LogP contribution in [-0.2, 0) is 16.0 Å². The Bertz CT molecular complexity index is 249. The van der Waals surface area contributed by atoms with Gasteiger partial charge in [-0.1, -0.05) is 0 Å². The summed E-state index contributed by atoms with van der Waals surface area (Å²) in [6.07, 6.45) is 1.98. The van der Waals surface area contributed by atoms with Crippen molar-refractivity contribution in [3.63, 3.8) is 0 Å². The molecule has 3 nitrogen and oxygen atoms in total. The van der Waals surface area contributed by atoms with Crippen LogP contribution in [0.2, 0.25) is 0 Å². The molecule has 1 aromatic heterocycles. The third-order valence-electron chi connectivity index (χ3n) is 1.53. The van der Waals surface area contributed by atoms with Crippen molar-refractivity contribution in [2.45, 2.75) is 26.4 Å². The standard InChI is InChI=1S/C10H14O3/c1-8(2)13-7-9(11)6-10-4-3-5-12-10/h3-5,8H,6-7H2,1-2H3. The Hall–Kier alpha value is -1.09. The molecule has 0 aliphatic rings. The first-order valence-corrected chi connectivity index (χ1v) is 4.34. The van der Waals surface area contributed by atoms with Crippen LogP contribution in [0.15, 0.2) is 22.8 Å². The van der Waals surface area contributed by atoms with Gasteiger partial charge in [-0.2, -0.15) is 0 Å². The highest BCUT2D eigenvalue weighted by atomic mass is 16.5. The molecule has 0 saturated heterocycles. The minimum Gasteiger partial charge on any atom is -0.469 e. The molecule has 3 heteroatoms. The molecule has 0 bridgehead atoms. The van der Waals surface area contributed by atoms with E-state index in [0.29, 0.717) is 12.2 Å². The van der Waals surface area contributed by atoms with Crippen LogP contribution in [0.25, 0.3) is 0 Å². The fourth-order valence-corrected chi connectivity index (χ4v) is 0.918. The van der Waals surface area contributed by atoms with Crippen LogP contribution >= 0.6 is 0 Å². The highest BCUT2D eigenvalue weighted by Gasteiger charge is 2.06. The lowest BCUT2D eigenvalue weighted by molar-refractivity contribution is -0.124. The Morgan fingerprint density at radius 2 is 2.38 bits per heavy atom. The van der Waals surface area contributed by atoms with Gasteiger partial charge in [0.05, 0.1) is 18.8 Å². The monoisotopic (exact) mass is 182 g/mol. The zero-order valence-electron chi connectivity index (χ0n) is 7.95. The smallest absolute Gasteiger partial charge is 0.165 e. The molecule has 0 unspecified atom stereocenters. The molecule has 1 rings (SSSR count). The molecule has 13 heavy (non-hydrogen) atoms. The molecule has 0 aromatic carbocycles. The number of hydrogen-bond acceptors (Lipinski definition) is 3. The van der Waals surface area contributed by atoms with Crippen molar-refractivity contribution in [3.05, 3.63) is 24.2 Å². The molecular weight excluding hydrogens is 168 g/mol. The van der Waals surface area contributed by atoms with Gasteiger partial charge >= 0.3 is 0 Å². The lowest BCUT2D eigenvalue weighted by Crippen LogP contribution is -2.14. The predicted molar refractivity (Wildman–Crippen MR) is 48.5 cm³/mol. The highest BCUT2D eigenvalue weighted by molar-refractivity contribution is 5.81. The van der Waals surface area contributed by atoms with Crippen molar-refractivity contribution in [2.75, 3.05) is 6.61 Å². The van der Waals surface area contributed by atoms with Crippen LogP contribution < -0.4 is 0 Å². The van der Waals surface area contributed by atoms with Crippen molar-refractivity contribution < 1.29 is 13.9 Å². The molecule has 0 atom stereocenters. The van der Waals surface area contributed by atoms with Gasteiger partial charge < -0.3 is 9.15 Å². The highest BCUT2D eigenvalue weighted by Crippen LogP contribution is 2.01. The number of rotatable bonds is 5. The quantitative estimate of drug-likeness (QED) is 0.697. The maximum atomic E-state index is 11.2. The van der Waals surface area contributed by atoms with Gasteiger partial charge in [0, 0.05) is 0 Å². The van der Waals surface area contributed by atoms with Crippen LogP contribution in [-0.4, -0.2) is 18.5 Å². The first-order valence-electron chi connectivity index (χ1n) is 4.34. The summed E-state index contributed by atoms with van der Waals surface area (Å²) < 4.78 is 10.2. The number of hydrogen-bond donors (Lipinski definition) is 0. The zero-order chi connectivity index (χ0) is 9.68. The third kappa shape index (κ3) is 3.90. The Labute approximate surface area is 77.7 Å². The van der Waals surface area contributed by atoms with Crippen molar-refractivity contribution in [2.24, 2.45) is 0 Å². The van der Waals surface area contributed by atoms with Crippen LogP contribution in [0.3, 0.4) is 0 Å². The van der Waals surface area contributed by atoms with E-state index < -0.39 is 0 Å². The molecule has 0 fully saturated rings. The maximum Gasteiger partial charge on any atom is 0.165 e. The molecule has 0 spiro atoms. The second kappa shape index (κ2) is 4.82. The zero-order valence-corrected chi connectivity index (χ0v) is 7.95. The molecule has 0 N–H and O–H groups in total. The summed E-state index contributed by atoms with van der Waals surface area (Å²) in [6.45, 7) is 3.97. The number of ether oxygens (including phenoxy) is 1. The van der Waals surface area contributed by atoms with Gasteiger partial charge in [-0.05, 0) is 26.0 Å². The van der Waals surface area contributed by atoms with E-state index >= 15 is 0 Å². The summed E-state index contributed by atoms with van der Waals surface area (Å²) in [5, 5.41) is 0. The molecule has 0 aliphatic heterocycles. The van der Waals surface area contributed by atoms with Gasteiger partial charge in [0.25, 0.3) is 0 Å². The van der Waals surface area contributed by atoms with Crippen molar-refractivity contribution in [3.8, 4) is 0 Å². The Balaban J connectivity index is 2.26. The predicted octanol–water partition coefficient (Wildman–Crippen LogP) is 1.82. The lowest BCUT2D eigenvalue weighted by Gasteiger charge is -2.04. The maximum absolute atomic E-state index is 11.2. The van der Waals surface area contributed by atoms with Crippen LogP contribution in [0, 0.1) is 0 Å². The first-order chi connectivity index (χ1) is 6.18. The summed E-state index contributed by atoms with van der Waals surface area (Å²) in [7, 11) is 0. The molecular formula is C10H14O3.